The van der Waals surface area contributed by atoms with Crippen LogP contribution < -0.4 is 0 Å². The molecule has 4 nitrogen and oxygen atoms in total. The number of likely N-dealkylation sites (tertiary alicyclic amines) is 1. The van der Waals surface area contributed by atoms with Gasteiger partial charge >= 0.3 is 0 Å². The molecule has 6 heteroatoms. The standard InChI is InChI=1S/C13H15ClINO3/c1-18-11-6-16(7-12(11)19-2)13(17)8-3-4-10(15)9(14)5-8/h3-5,11-12H,6-7H2,1-2H3. The van der Waals surface area contributed by atoms with Crippen LogP contribution in [0.3, 0.4) is 0 Å². The van der Waals surface area contributed by atoms with E-state index in [-0.39, 0.29) is 18.1 Å². The maximum Gasteiger partial charge on any atom is 0.254 e. The second-order valence-corrected chi connectivity index (χ2v) is 5.96. The van der Waals surface area contributed by atoms with Gasteiger partial charge in [0.2, 0.25) is 0 Å². The molecule has 0 spiro atoms. The van der Waals surface area contributed by atoms with E-state index < -0.39 is 0 Å². The third kappa shape index (κ3) is 3.21. The maximum atomic E-state index is 12.4. The molecule has 1 fully saturated rings. The van der Waals surface area contributed by atoms with Crippen molar-refractivity contribution in [2.24, 2.45) is 0 Å². The highest BCUT2D eigenvalue weighted by atomic mass is 127. The highest BCUT2D eigenvalue weighted by Gasteiger charge is 2.35. The molecular formula is C13H15ClINO3. The van der Waals surface area contributed by atoms with Gasteiger partial charge in [0.05, 0.1) is 5.02 Å². The van der Waals surface area contributed by atoms with Crippen molar-refractivity contribution < 1.29 is 14.3 Å². The van der Waals surface area contributed by atoms with E-state index in [0.717, 1.165) is 3.57 Å². The highest BCUT2D eigenvalue weighted by Crippen LogP contribution is 2.23. The molecule has 1 aliphatic rings. The molecule has 0 N–H and O–H groups in total. The predicted octanol–water partition coefficient (Wildman–Crippen LogP) is 2.43. The molecule has 0 aromatic heterocycles. The van der Waals surface area contributed by atoms with Gasteiger partial charge in [-0.2, -0.15) is 0 Å². The van der Waals surface area contributed by atoms with E-state index in [1.165, 1.54) is 0 Å². The summed E-state index contributed by atoms with van der Waals surface area (Å²) in [5, 5.41) is 0.595. The van der Waals surface area contributed by atoms with Gasteiger partial charge in [0.15, 0.2) is 0 Å². The molecule has 2 rings (SSSR count). The van der Waals surface area contributed by atoms with Crippen LogP contribution >= 0.6 is 34.2 Å². The average Bonchev–Trinajstić information content (AvgIpc) is 2.84. The Bertz CT molecular complexity index is 471. The third-order valence-electron chi connectivity index (χ3n) is 3.27. The zero-order valence-corrected chi connectivity index (χ0v) is 13.6. The van der Waals surface area contributed by atoms with Crippen LogP contribution in [0.5, 0.6) is 0 Å². The van der Waals surface area contributed by atoms with Gasteiger partial charge in [0, 0.05) is 36.4 Å². The molecule has 0 bridgehead atoms. The summed E-state index contributed by atoms with van der Waals surface area (Å²) in [6.45, 7) is 1.08. The zero-order valence-electron chi connectivity index (χ0n) is 10.7. The van der Waals surface area contributed by atoms with Crippen molar-refractivity contribution in [3.8, 4) is 0 Å². The van der Waals surface area contributed by atoms with Gasteiger partial charge in [0.25, 0.3) is 5.91 Å². The molecule has 19 heavy (non-hydrogen) atoms. The van der Waals surface area contributed by atoms with Crippen molar-refractivity contribution >= 4 is 40.1 Å². The van der Waals surface area contributed by atoms with Crippen molar-refractivity contribution in [3.05, 3.63) is 32.4 Å². The van der Waals surface area contributed by atoms with E-state index in [2.05, 4.69) is 22.6 Å². The van der Waals surface area contributed by atoms with Crippen molar-refractivity contribution in [2.45, 2.75) is 12.2 Å². The Morgan fingerprint density at radius 3 is 2.37 bits per heavy atom. The quantitative estimate of drug-likeness (QED) is 0.738. The Labute approximate surface area is 131 Å². The Balaban J connectivity index is 2.14. The van der Waals surface area contributed by atoms with Crippen LogP contribution in [-0.2, 0) is 9.47 Å². The zero-order chi connectivity index (χ0) is 14.0. The van der Waals surface area contributed by atoms with E-state index >= 15 is 0 Å². The molecule has 0 saturated carbocycles. The number of hydrogen-bond donors (Lipinski definition) is 0. The number of ether oxygens (including phenoxy) is 2. The van der Waals surface area contributed by atoms with Crippen molar-refractivity contribution in [1.29, 1.82) is 0 Å². The minimum Gasteiger partial charge on any atom is -0.377 e. The van der Waals surface area contributed by atoms with Crippen LogP contribution in [0.4, 0.5) is 0 Å². The number of hydrogen-bond acceptors (Lipinski definition) is 3. The van der Waals surface area contributed by atoms with Gasteiger partial charge < -0.3 is 14.4 Å². The molecule has 1 aromatic rings. The van der Waals surface area contributed by atoms with Crippen molar-refractivity contribution in [3.63, 3.8) is 0 Å². The van der Waals surface area contributed by atoms with E-state index in [1.807, 2.05) is 6.07 Å². The van der Waals surface area contributed by atoms with E-state index in [1.54, 1.807) is 31.3 Å². The summed E-state index contributed by atoms with van der Waals surface area (Å²) < 4.78 is 11.6. The molecule has 0 aliphatic carbocycles. The number of halogens is 2. The van der Waals surface area contributed by atoms with Crippen LogP contribution in [0.1, 0.15) is 10.4 Å². The molecule has 2 unspecified atom stereocenters. The lowest BCUT2D eigenvalue weighted by atomic mass is 10.2. The molecular weight excluding hydrogens is 381 g/mol. The number of rotatable bonds is 3. The van der Waals surface area contributed by atoms with Crippen molar-refractivity contribution in [2.75, 3.05) is 27.3 Å². The first-order valence-corrected chi connectivity index (χ1v) is 7.32. The summed E-state index contributed by atoms with van der Waals surface area (Å²) in [7, 11) is 3.26. The molecule has 1 saturated heterocycles. The Morgan fingerprint density at radius 1 is 1.32 bits per heavy atom. The lowest BCUT2D eigenvalue weighted by Gasteiger charge is -2.16. The second kappa shape index (κ2) is 6.39. The largest absolute Gasteiger partial charge is 0.377 e. The van der Waals surface area contributed by atoms with E-state index in [4.69, 9.17) is 21.1 Å². The summed E-state index contributed by atoms with van der Waals surface area (Å²) in [4.78, 5) is 14.1. The number of methoxy groups -OCH3 is 2. The van der Waals surface area contributed by atoms with Crippen LogP contribution in [0.25, 0.3) is 0 Å². The average molecular weight is 396 g/mol. The second-order valence-electron chi connectivity index (χ2n) is 4.39. The fourth-order valence-electron chi connectivity index (χ4n) is 2.17. The number of carbonyl (C=O) groups excluding carboxylic acids is 1. The SMILES string of the molecule is COC1CN(C(=O)c2ccc(I)c(Cl)c2)CC1OC. The Morgan fingerprint density at radius 2 is 1.89 bits per heavy atom. The van der Waals surface area contributed by atoms with Gasteiger partial charge in [0.1, 0.15) is 12.2 Å². The van der Waals surface area contributed by atoms with Gasteiger partial charge in [-0.1, -0.05) is 11.6 Å². The maximum absolute atomic E-state index is 12.4. The van der Waals surface area contributed by atoms with Gasteiger partial charge in [-0.15, -0.1) is 0 Å². The minimum atomic E-state index is -0.0757. The van der Waals surface area contributed by atoms with Gasteiger partial charge in [-0.25, -0.2) is 0 Å². The highest BCUT2D eigenvalue weighted by molar-refractivity contribution is 14.1. The summed E-state index contributed by atoms with van der Waals surface area (Å²) in [6.07, 6.45) is -0.151. The number of benzene rings is 1. The van der Waals surface area contributed by atoms with E-state index in [9.17, 15) is 4.79 Å². The summed E-state index contributed by atoms with van der Waals surface area (Å²) in [5.74, 6) is -0.0418. The first kappa shape index (κ1) is 15.0. The Hall–Kier alpha value is -0.370. The molecule has 2 atom stereocenters. The van der Waals surface area contributed by atoms with Crippen LogP contribution in [-0.4, -0.2) is 50.3 Å². The normalized spacial score (nSPS) is 22.8. The van der Waals surface area contributed by atoms with E-state index in [0.29, 0.717) is 23.7 Å². The molecule has 1 aromatic carbocycles. The first-order valence-electron chi connectivity index (χ1n) is 5.86. The lowest BCUT2D eigenvalue weighted by molar-refractivity contribution is -0.00461. The molecule has 1 amide bonds. The van der Waals surface area contributed by atoms with Gasteiger partial charge in [-0.3, -0.25) is 4.79 Å². The first-order chi connectivity index (χ1) is 9.06. The topological polar surface area (TPSA) is 38.8 Å². The van der Waals surface area contributed by atoms with Crippen LogP contribution in [0.2, 0.25) is 5.02 Å². The monoisotopic (exact) mass is 395 g/mol. The predicted molar refractivity (Wildman–Crippen MR) is 81.7 cm³/mol. The minimum absolute atomic E-state index is 0.0418. The summed E-state index contributed by atoms with van der Waals surface area (Å²) in [6, 6.07) is 5.33. The summed E-state index contributed by atoms with van der Waals surface area (Å²) >= 11 is 8.18. The fraction of sp³-hybridized carbons (Fsp3) is 0.462. The third-order valence-corrected chi connectivity index (χ3v) is 4.85. The molecule has 1 aliphatic heterocycles. The lowest BCUT2D eigenvalue weighted by Crippen LogP contribution is -2.30. The van der Waals surface area contributed by atoms with Crippen molar-refractivity contribution in [1.82, 2.24) is 4.90 Å². The number of nitrogens with zero attached hydrogens (tertiary/aromatic N) is 1. The molecule has 0 radical (unpaired) electrons. The molecule has 104 valence electrons. The number of amides is 1. The van der Waals surface area contributed by atoms with Crippen LogP contribution in [0, 0.1) is 3.57 Å². The smallest absolute Gasteiger partial charge is 0.254 e. The summed E-state index contributed by atoms with van der Waals surface area (Å²) in [5.41, 5.74) is 0.594. The molecule has 1 heterocycles. The Kier molecular flexibility index (Phi) is 5.05. The van der Waals surface area contributed by atoms with Gasteiger partial charge in [-0.05, 0) is 40.8 Å². The van der Waals surface area contributed by atoms with Crippen LogP contribution in [0.15, 0.2) is 18.2 Å². The fourth-order valence-corrected chi connectivity index (χ4v) is 2.69. The number of carbonyl (C=O) groups is 1.